The highest BCUT2D eigenvalue weighted by atomic mass is 16.5. The standard InChI is InChI=1S/C16H20N2O3/c1-4-10-18(11-5-2)12-16(20)21-15-8-6-14(7-9-15)17-13(3)19/h4-11H,12H2,1-3H3,(H,17,19)/b10-4-,11-5+. The molecule has 0 aliphatic heterocycles. The molecule has 1 N–H and O–H groups in total. The Morgan fingerprint density at radius 2 is 1.71 bits per heavy atom. The van der Waals surface area contributed by atoms with E-state index in [1.807, 2.05) is 26.0 Å². The Morgan fingerprint density at radius 3 is 2.19 bits per heavy atom. The second kappa shape index (κ2) is 8.58. The SMILES string of the molecule is C/C=C\N(/C=C/C)CC(=O)Oc1ccc(NC(C)=O)cc1. The second-order valence-corrected chi connectivity index (χ2v) is 4.32. The zero-order chi connectivity index (χ0) is 15.7. The van der Waals surface area contributed by atoms with Gasteiger partial charge in [0.2, 0.25) is 5.91 Å². The average Bonchev–Trinajstić information content (AvgIpc) is 2.41. The number of hydrogen-bond acceptors (Lipinski definition) is 4. The molecule has 0 spiro atoms. The molecular formula is C16H20N2O3. The van der Waals surface area contributed by atoms with Crippen LogP contribution in [0.3, 0.4) is 0 Å². The highest BCUT2D eigenvalue weighted by Crippen LogP contribution is 2.16. The van der Waals surface area contributed by atoms with E-state index in [4.69, 9.17) is 4.74 Å². The number of hydrogen-bond donors (Lipinski definition) is 1. The molecule has 0 heterocycles. The van der Waals surface area contributed by atoms with Gasteiger partial charge in [0.1, 0.15) is 12.3 Å². The summed E-state index contributed by atoms with van der Waals surface area (Å²) in [5.74, 6) is -0.0680. The molecule has 0 fully saturated rings. The molecule has 0 atom stereocenters. The van der Waals surface area contributed by atoms with E-state index in [9.17, 15) is 9.59 Å². The van der Waals surface area contributed by atoms with E-state index in [2.05, 4.69) is 5.32 Å². The van der Waals surface area contributed by atoms with E-state index >= 15 is 0 Å². The maximum absolute atomic E-state index is 11.8. The van der Waals surface area contributed by atoms with Gasteiger partial charge in [0.25, 0.3) is 0 Å². The van der Waals surface area contributed by atoms with Crippen LogP contribution in [-0.2, 0) is 9.59 Å². The number of ether oxygens (including phenoxy) is 1. The zero-order valence-electron chi connectivity index (χ0n) is 12.5. The van der Waals surface area contributed by atoms with Gasteiger partial charge in [-0.3, -0.25) is 4.79 Å². The van der Waals surface area contributed by atoms with Gasteiger partial charge in [-0.1, -0.05) is 12.2 Å². The lowest BCUT2D eigenvalue weighted by molar-refractivity contribution is -0.134. The molecule has 0 aliphatic carbocycles. The van der Waals surface area contributed by atoms with Crippen LogP contribution in [0.4, 0.5) is 5.69 Å². The van der Waals surface area contributed by atoms with Gasteiger partial charge in [-0.2, -0.15) is 0 Å². The van der Waals surface area contributed by atoms with Crippen molar-refractivity contribution in [2.45, 2.75) is 20.8 Å². The Hall–Kier alpha value is -2.56. The van der Waals surface area contributed by atoms with Gasteiger partial charge >= 0.3 is 5.97 Å². The van der Waals surface area contributed by atoms with Gasteiger partial charge in [0.05, 0.1) is 0 Å². The summed E-state index contributed by atoms with van der Waals surface area (Å²) >= 11 is 0. The van der Waals surface area contributed by atoms with Gasteiger partial charge in [-0.25, -0.2) is 4.79 Å². The molecule has 0 saturated heterocycles. The molecule has 0 bridgehead atoms. The summed E-state index contributed by atoms with van der Waals surface area (Å²) in [5, 5.41) is 2.65. The number of carbonyl (C=O) groups is 2. The van der Waals surface area contributed by atoms with Gasteiger partial charge in [0.15, 0.2) is 0 Å². The van der Waals surface area contributed by atoms with Gasteiger partial charge in [-0.15, -0.1) is 0 Å². The topological polar surface area (TPSA) is 58.6 Å². The Balaban J connectivity index is 2.59. The third-order valence-electron chi connectivity index (χ3n) is 2.40. The maximum Gasteiger partial charge on any atom is 0.331 e. The number of benzene rings is 1. The van der Waals surface area contributed by atoms with Crippen molar-refractivity contribution in [3.8, 4) is 5.75 Å². The number of allylic oxidation sites excluding steroid dienone is 2. The predicted octanol–water partition coefficient (Wildman–Crippen LogP) is 2.92. The van der Waals surface area contributed by atoms with Crippen molar-refractivity contribution in [1.82, 2.24) is 4.90 Å². The third kappa shape index (κ3) is 6.42. The van der Waals surface area contributed by atoms with Crippen molar-refractivity contribution in [2.24, 2.45) is 0 Å². The lowest BCUT2D eigenvalue weighted by Crippen LogP contribution is -2.24. The first-order chi connectivity index (χ1) is 10.0. The van der Waals surface area contributed by atoms with Gasteiger partial charge in [0, 0.05) is 12.6 Å². The second-order valence-electron chi connectivity index (χ2n) is 4.32. The fraction of sp³-hybridized carbons (Fsp3) is 0.250. The van der Waals surface area contributed by atoms with Crippen molar-refractivity contribution in [3.05, 3.63) is 48.8 Å². The number of rotatable bonds is 6. The molecule has 5 heteroatoms. The minimum Gasteiger partial charge on any atom is -0.425 e. The Bertz CT molecular complexity index is 521. The van der Waals surface area contributed by atoms with Crippen LogP contribution in [0.25, 0.3) is 0 Å². The van der Waals surface area contributed by atoms with Crippen LogP contribution < -0.4 is 10.1 Å². The molecule has 0 saturated carbocycles. The largest absolute Gasteiger partial charge is 0.425 e. The lowest BCUT2D eigenvalue weighted by atomic mass is 10.3. The summed E-state index contributed by atoms with van der Waals surface area (Å²) in [6.45, 7) is 5.32. The number of esters is 1. The van der Waals surface area contributed by atoms with Crippen molar-refractivity contribution in [1.29, 1.82) is 0 Å². The van der Waals surface area contributed by atoms with Crippen LogP contribution in [0.15, 0.2) is 48.8 Å². The molecule has 0 radical (unpaired) electrons. The van der Waals surface area contributed by atoms with Crippen LogP contribution in [0.5, 0.6) is 5.75 Å². The predicted molar refractivity (Wildman–Crippen MR) is 82.7 cm³/mol. The van der Waals surface area contributed by atoms with E-state index in [0.29, 0.717) is 11.4 Å². The quantitative estimate of drug-likeness (QED) is 0.646. The van der Waals surface area contributed by atoms with E-state index < -0.39 is 0 Å². The number of amides is 1. The van der Waals surface area contributed by atoms with Crippen LogP contribution in [0.2, 0.25) is 0 Å². The molecule has 112 valence electrons. The normalized spacial score (nSPS) is 10.8. The molecule has 1 aromatic carbocycles. The Kier molecular flexibility index (Phi) is 6.74. The summed E-state index contributed by atoms with van der Waals surface area (Å²) in [7, 11) is 0. The molecular weight excluding hydrogens is 268 g/mol. The van der Waals surface area contributed by atoms with Crippen molar-refractivity contribution in [2.75, 3.05) is 11.9 Å². The molecule has 0 aliphatic rings. The van der Waals surface area contributed by atoms with Crippen LogP contribution in [0, 0.1) is 0 Å². The highest BCUT2D eigenvalue weighted by molar-refractivity contribution is 5.88. The average molecular weight is 288 g/mol. The highest BCUT2D eigenvalue weighted by Gasteiger charge is 2.08. The summed E-state index contributed by atoms with van der Waals surface area (Å²) in [5.41, 5.74) is 0.659. The van der Waals surface area contributed by atoms with Crippen LogP contribution in [0.1, 0.15) is 20.8 Å². The monoisotopic (exact) mass is 288 g/mol. The lowest BCUT2D eigenvalue weighted by Gasteiger charge is -2.14. The first-order valence-electron chi connectivity index (χ1n) is 6.65. The Morgan fingerprint density at radius 1 is 1.14 bits per heavy atom. The number of nitrogens with zero attached hydrogens (tertiary/aromatic N) is 1. The minimum atomic E-state index is -0.363. The van der Waals surface area contributed by atoms with E-state index in [-0.39, 0.29) is 18.4 Å². The Labute approximate surface area is 124 Å². The molecule has 1 amide bonds. The number of anilines is 1. The summed E-state index contributed by atoms with van der Waals surface area (Å²) in [6.07, 6.45) is 7.27. The van der Waals surface area contributed by atoms with Crippen LogP contribution in [-0.4, -0.2) is 23.3 Å². The summed E-state index contributed by atoms with van der Waals surface area (Å²) < 4.78 is 5.24. The van der Waals surface area contributed by atoms with E-state index in [1.54, 1.807) is 41.6 Å². The molecule has 1 aromatic rings. The number of carbonyl (C=O) groups excluding carboxylic acids is 2. The molecule has 5 nitrogen and oxygen atoms in total. The third-order valence-corrected chi connectivity index (χ3v) is 2.40. The maximum atomic E-state index is 11.8. The molecule has 1 rings (SSSR count). The van der Waals surface area contributed by atoms with E-state index in [1.165, 1.54) is 6.92 Å². The number of nitrogens with one attached hydrogen (secondary N) is 1. The summed E-state index contributed by atoms with van der Waals surface area (Å²) in [4.78, 5) is 24.5. The minimum absolute atomic E-state index is 0.127. The molecule has 0 aromatic heterocycles. The van der Waals surface area contributed by atoms with E-state index in [0.717, 1.165) is 0 Å². The van der Waals surface area contributed by atoms with Crippen molar-refractivity contribution >= 4 is 17.6 Å². The summed E-state index contributed by atoms with van der Waals surface area (Å²) in [6, 6.07) is 6.64. The fourth-order valence-electron chi connectivity index (χ4n) is 1.66. The smallest absolute Gasteiger partial charge is 0.331 e. The first-order valence-corrected chi connectivity index (χ1v) is 6.65. The van der Waals surface area contributed by atoms with Crippen LogP contribution >= 0.6 is 0 Å². The van der Waals surface area contributed by atoms with Gasteiger partial charge in [-0.05, 0) is 50.5 Å². The fourth-order valence-corrected chi connectivity index (χ4v) is 1.66. The first kappa shape index (κ1) is 16.5. The molecule has 0 unspecified atom stereocenters. The van der Waals surface area contributed by atoms with Crippen molar-refractivity contribution in [3.63, 3.8) is 0 Å². The zero-order valence-corrected chi connectivity index (χ0v) is 12.5. The van der Waals surface area contributed by atoms with Gasteiger partial charge < -0.3 is 15.0 Å². The van der Waals surface area contributed by atoms with Crippen molar-refractivity contribution < 1.29 is 14.3 Å². The molecule has 21 heavy (non-hydrogen) atoms.